The van der Waals surface area contributed by atoms with Crippen LogP contribution in [0.2, 0.25) is 0 Å². The molecule has 0 aromatic heterocycles. The van der Waals surface area contributed by atoms with Crippen molar-refractivity contribution in [2.75, 3.05) is 0 Å². The maximum Gasteiger partial charge on any atom is 0.331 e. The van der Waals surface area contributed by atoms with E-state index < -0.39 is 11.9 Å². The summed E-state index contributed by atoms with van der Waals surface area (Å²) in [6.45, 7) is 3.76. The number of aliphatic carboxylic acids is 2. The van der Waals surface area contributed by atoms with Crippen LogP contribution in [-0.2, 0) is 9.59 Å². The summed E-state index contributed by atoms with van der Waals surface area (Å²) in [6, 6.07) is 0. The lowest BCUT2D eigenvalue weighted by Crippen LogP contribution is -2.07. The standard InChI is InChI=1S/C10H16O4/c1-3-7(4-2)8(10(13)14)5-6-9(11)12/h3-6H2,1-2H3,(H,11,12)(H,13,14). The van der Waals surface area contributed by atoms with E-state index in [0.717, 1.165) is 5.57 Å². The largest absolute Gasteiger partial charge is 0.481 e. The van der Waals surface area contributed by atoms with Crippen molar-refractivity contribution in [3.05, 3.63) is 11.1 Å². The van der Waals surface area contributed by atoms with Gasteiger partial charge >= 0.3 is 11.9 Å². The molecule has 4 nitrogen and oxygen atoms in total. The number of allylic oxidation sites excluding steroid dienone is 1. The summed E-state index contributed by atoms with van der Waals surface area (Å²) >= 11 is 0. The third-order valence-corrected chi connectivity index (χ3v) is 2.13. The monoisotopic (exact) mass is 200 g/mol. The fourth-order valence-electron chi connectivity index (χ4n) is 1.34. The zero-order valence-corrected chi connectivity index (χ0v) is 8.54. The molecule has 4 heteroatoms. The molecule has 0 rings (SSSR count). The van der Waals surface area contributed by atoms with Crippen molar-refractivity contribution in [1.82, 2.24) is 0 Å². The zero-order valence-electron chi connectivity index (χ0n) is 8.54. The third kappa shape index (κ3) is 4.07. The molecule has 0 unspecified atom stereocenters. The van der Waals surface area contributed by atoms with E-state index >= 15 is 0 Å². The molecule has 0 aromatic carbocycles. The van der Waals surface area contributed by atoms with Crippen molar-refractivity contribution in [3.8, 4) is 0 Å². The third-order valence-electron chi connectivity index (χ3n) is 2.13. The Bertz CT molecular complexity index is 247. The number of rotatable bonds is 6. The number of carboxylic acids is 2. The molecule has 0 spiro atoms. The van der Waals surface area contributed by atoms with Gasteiger partial charge in [0, 0.05) is 12.0 Å². The summed E-state index contributed by atoms with van der Waals surface area (Å²) in [5.41, 5.74) is 1.09. The number of carboxylic acid groups (broad SMARTS) is 2. The molecule has 0 saturated carbocycles. The van der Waals surface area contributed by atoms with Gasteiger partial charge in [0.1, 0.15) is 0 Å². The first kappa shape index (κ1) is 12.7. The maximum atomic E-state index is 10.8. The molecular weight excluding hydrogens is 184 g/mol. The summed E-state index contributed by atoms with van der Waals surface area (Å²) in [4.78, 5) is 21.1. The molecule has 0 aliphatic rings. The molecule has 0 bridgehead atoms. The molecule has 0 saturated heterocycles. The smallest absolute Gasteiger partial charge is 0.331 e. The second-order valence-electron chi connectivity index (χ2n) is 2.99. The van der Waals surface area contributed by atoms with Crippen molar-refractivity contribution in [1.29, 1.82) is 0 Å². The molecule has 0 atom stereocenters. The minimum atomic E-state index is -0.995. The van der Waals surface area contributed by atoms with Crippen LogP contribution in [0.5, 0.6) is 0 Å². The highest BCUT2D eigenvalue weighted by atomic mass is 16.4. The van der Waals surface area contributed by atoms with Gasteiger partial charge in [-0.1, -0.05) is 19.4 Å². The zero-order chi connectivity index (χ0) is 11.1. The fraction of sp³-hybridized carbons (Fsp3) is 0.600. The van der Waals surface area contributed by atoms with Gasteiger partial charge in [-0.3, -0.25) is 4.79 Å². The van der Waals surface area contributed by atoms with E-state index in [-0.39, 0.29) is 18.4 Å². The average Bonchev–Trinajstić information content (AvgIpc) is 2.11. The maximum absolute atomic E-state index is 10.8. The van der Waals surface area contributed by atoms with Gasteiger partial charge in [0.15, 0.2) is 0 Å². The summed E-state index contributed by atoms with van der Waals surface area (Å²) in [5.74, 6) is -1.96. The molecule has 0 aliphatic carbocycles. The van der Waals surface area contributed by atoms with E-state index in [9.17, 15) is 9.59 Å². The van der Waals surface area contributed by atoms with Crippen LogP contribution in [0.4, 0.5) is 0 Å². The molecule has 0 aliphatic heterocycles. The van der Waals surface area contributed by atoms with Crippen LogP contribution < -0.4 is 0 Å². The lowest BCUT2D eigenvalue weighted by Gasteiger charge is -2.07. The topological polar surface area (TPSA) is 74.6 Å². The first-order chi connectivity index (χ1) is 6.52. The predicted octanol–water partition coefficient (Wildman–Crippen LogP) is 2.05. The molecule has 0 fully saturated rings. The van der Waals surface area contributed by atoms with Gasteiger partial charge in [0.05, 0.1) is 0 Å². The van der Waals surface area contributed by atoms with Crippen molar-refractivity contribution >= 4 is 11.9 Å². The Kier molecular flexibility index (Phi) is 5.60. The lowest BCUT2D eigenvalue weighted by atomic mass is 9.99. The van der Waals surface area contributed by atoms with Crippen LogP contribution in [0.25, 0.3) is 0 Å². The molecule has 80 valence electrons. The molecular formula is C10H16O4. The lowest BCUT2D eigenvalue weighted by molar-refractivity contribution is -0.137. The Labute approximate surface area is 83.2 Å². The van der Waals surface area contributed by atoms with Crippen molar-refractivity contribution in [3.63, 3.8) is 0 Å². The Morgan fingerprint density at radius 1 is 1.00 bits per heavy atom. The Balaban J connectivity index is 4.65. The van der Waals surface area contributed by atoms with Gasteiger partial charge in [0.25, 0.3) is 0 Å². The van der Waals surface area contributed by atoms with Gasteiger partial charge in [0.2, 0.25) is 0 Å². The molecule has 2 N–H and O–H groups in total. The first-order valence-corrected chi connectivity index (χ1v) is 4.68. The SMILES string of the molecule is CCC(CC)=C(CCC(=O)O)C(=O)O. The molecule has 14 heavy (non-hydrogen) atoms. The fourth-order valence-corrected chi connectivity index (χ4v) is 1.34. The molecule has 0 amide bonds. The summed E-state index contributed by atoms with van der Waals surface area (Å²) in [5, 5.41) is 17.3. The minimum absolute atomic E-state index is 0.113. The van der Waals surface area contributed by atoms with Crippen LogP contribution in [0, 0.1) is 0 Å². The summed E-state index contributed by atoms with van der Waals surface area (Å²) in [6.07, 6.45) is 1.32. The highest BCUT2D eigenvalue weighted by Gasteiger charge is 2.13. The van der Waals surface area contributed by atoms with Crippen molar-refractivity contribution in [2.24, 2.45) is 0 Å². The van der Waals surface area contributed by atoms with E-state index in [0.29, 0.717) is 12.8 Å². The van der Waals surface area contributed by atoms with Crippen LogP contribution in [0.1, 0.15) is 39.5 Å². The highest BCUT2D eigenvalue weighted by molar-refractivity contribution is 5.88. The molecule has 0 heterocycles. The first-order valence-electron chi connectivity index (χ1n) is 4.68. The second kappa shape index (κ2) is 6.18. The van der Waals surface area contributed by atoms with E-state index in [1.807, 2.05) is 13.8 Å². The molecule has 0 aromatic rings. The van der Waals surface area contributed by atoms with Gasteiger partial charge in [-0.05, 0) is 19.3 Å². The number of hydrogen-bond acceptors (Lipinski definition) is 2. The van der Waals surface area contributed by atoms with Crippen LogP contribution in [-0.4, -0.2) is 22.2 Å². The average molecular weight is 200 g/mol. The van der Waals surface area contributed by atoms with Gasteiger partial charge in [-0.15, -0.1) is 0 Å². The van der Waals surface area contributed by atoms with E-state index in [2.05, 4.69) is 0 Å². The van der Waals surface area contributed by atoms with E-state index in [4.69, 9.17) is 10.2 Å². The quantitative estimate of drug-likeness (QED) is 0.643. The Morgan fingerprint density at radius 2 is 1.50 bits per heavy atom. The predicted molar refractivity (Wildman–Crippen MR) is 52.1 cm³/mol. The highest BCUT2D eigenvalue weighted by Crippen LogP contribution is 2.17. The molecule has 0 radical (unpaired) electrons. The van der Waals surface area contributed by atoms with Crippen LogP contribution in [0.3, 0.4) is 0 Å². The van der Waals surface area contributed by atoms with Gasteiger partial charge < -0.3 is 10.2 Å². The van der Waals surface area contributed by atoms with Crippen LogP contribution >= 0.6 is 0 Å². The Hall–Kier alpha value is -1.32. The van der Waals surface area contributed by atoms with E-state index in [1.54, 1.807) is 0 Å². The van der Waals surface area contributed by atoms with Crippen molar-refractivity contribution < 1.29 is 19.8 Å². The Morgan fingerprint density at radius 3 is 1.79 bits per heavy atom. The number of hydrogen-bond donors (Lipinski definition) is 2. The van der Waals surface area contributed by atoms with Gasteiger partial charge in [-0.2, -0.15) is 0 Å². The summed E-state index contributed by atoms with van der Waals surface area (Å²) in [7, 11) is 0. The number of carbonyl (C=O) groups is 2. The normalized spacial score (nSPS) is 9.57. The van der Waals surface area contributed by atoms with Crippen molar-refractivity contribution in [2.45, 2.75) is 39.5 Å². The minimum Gasteiger partial charge on any atom is -0.481 e. The summed E-state index contributed by atoms with van der Waals surface area (Å²) < 4.78 is 0. The van der Waals surface area contributed by atoms with E-state index in [1.165, 1.54) is 0 Å². The van der Waals surface area contributed by atoms with Gasteiger partial charge in [-0.25, -0.2) is 4.79 Å². The second-order valence-corrected chi connectivity index (χ2v) is 2.99. The van der Waals surface area contributed by atoms with Crippen LogP contribution in [0.15, 0.2) is 11.1 Å².